The fourth-order valence-corrected chi connectivity index (χ4v) is 10.7. The molecule has 5 aliphatic rings. The fraction of sp³-hybridized carbons (Fsp3) is 0.558. The summed E-state index contributed by atoms with van der Waals surface area (Å²) in [5.74, 6) is 2.48. The smallest absolute Gasteiger partial charge is 0.410 e. The van der Waals surface area contributed by atoms with Crippen LogP contribution in [0.1, 0.15) is 81.2 Å². The van der Waals surface area contributed by atoms with Gasteiger partial charge in [0.05, 0.1) is 5.69 Å². The number of H-pyrrole nitrogens is 1. The van der Waals surface area contributed by atoms with E-state index in [2.05, 4.69) is 38.0 Å². The van der Waals surface area contributed by atoms with Gasteiger partial charge in [-0.05, 0) is 113 Å². The maximum Gasteiger partial charge on any atom is 0.410 e. The van der Waals surface area contributed by atoms with Crippen LogP contribution < -0.4 is 4.74 Å². The van der Waals surface area contributed by atoms with Crippen LogP contribution in [0.5, 0.6) is 5.75 Å². The fourth-order valence-electron chi connectivity index (χ4n) is 10.7. The molecular weight excluding hydrogens is 665 g/mol. The van der Waals surface area contributed by atoms with Crippen molar-refractivity contribution in [3.05, 3.63) is 77.5 Å². The van der Waals surface area contributed by atoms with Crippen molar-refractivity contribution < 1.29 is 19.0 Å². The number of carbonyl (C=O) groups is 1. The summed E-state index contributed by atoms with van der Waals surface area (Å²) in [6, 6.07) is 21.8. The number of likely N-dealkylation sites (tertiary alicyclic amines) is 2. The van der Waals surface area contributed by atoms with E-state index in [0.29, 0.717) is 30.1 Å². The molecule has 1 atom stereocenters. The number of ether oxygens (including phenoxy) is 3. The van der Waals surface area contributed by atoms with E-state index in [4.69, 9.17) is 14.2 Å². The highest BCUT2D eigenvalue weighted by Crippen LogP contribution is 2.51. The highest BCUT2D eigenvalue weighted by Gasteiger charge is 2.55. The number of benzene rings is 2. The number of piperidine rings is 1. The molecule has 0 unspecified atom stereocenters. The van der Waals surface area contributed by atoms with E-state index in [-0.39, 0.29) is 12.9 Å². The minimum Gasteiger partial charge on any atom is -0.467 e. The SMILES string of the molecule is COCOc1ccccc1-c1cc2c3c([nH]c2nn1)CCN(C1CCC(C2CCN(C4CC5(C4)CN(C(=O)OCc4ccccc4)C5)CC2)CC1)[C@@H]3C. The number of methoxy groups -OCH3 is 1. The molecule has 9 rings (SSSR count). The van der Waals surface area contributed by atoms with Crippen LogP contribution in [0.2, 0.25) is 0 Å². The lowest BCUT2D eigenvalue weighted by molar-refractivity contribution is -0.107. The first-order valence-electron chi connectivity index (χ1n) is 20.0. The number of nitrogens with zero attached hydrogens (tertiary/aromatic N) is 5. The monoisotopic (exact) mass is 718 g/mol. The Balaban J connectivity index is 0.746. The molecule has 4 fully saturated rings. The quantitative estimate of drug-likeness (QED) is 0.177. The molecule has 53 heavy (non-hydrogen) atoms. The number of nitrogens with one attached hydrogen (secondary N) is 1. The van der Waals surface area contributed by atoms with Gasteiger partial charge in [0.15, 0.2) is 12.4 Å². The van der Waals surface area contributed by atoms with Gasteiger partial charge < -0.3 is 29.0 Å². The number of aromatic nitrogens is 3. The summed E-state index contributed by atoms with van der Waals surface area (Å²) in [5.41, 5.74) is 6.71. The number of amides is 1. The van der Waals surface area contributed by atoms with E-state index in [0.717, 1.165) is 66.1 Å². The molecule has 2 aromatic carbocycles. The van der Waals surface area contributed by atoms with Crippen LogP contribution in [-0.2, 0) is 22.5 Å². The summed E-state index contributed by atoms with van der Waals surface area (Å²) in [7, 11) is 1.63. The molecule has 0 radical (unpaired) electrons. The molecule has 3 aliphatic heterocycles. The Hall–Kier alpha value is -3.99. The number of hydrogen-bond donors (Lipinski definition) is 1. The van der Waals surface area contributed by atoms with Crippen molar-refractivity contribution in [3.8, 4) is 17.0 Å². The Morgan fingerprint density at radius 3 is 2.40 bits per heavy atom. The number of rotatable bonds is 9. The van der Waals surface area contributed by atoms with Crippen molar-refractivity contribution in [1.82, 2.24) is 29.9 Å². The second-order valence-corrected chi connectivity index (χ2v) is 16.6. The molecule has 5 heterocycles. The van der Waals surface area contributed by atoms with E-state index >= 15 is 0 Å². The summed E-state index contributed by atoms with van der Waals surface area (Å²) < 4.78 is 16.6. The molecule has 10 nitrogen and oxygen atoms in total. The van der Waals surface area contributed by atoms with Crippen molar-refractivity contribution in [2.45, 2.75) is 89.4 Å². The number of aromatic amines is 1. The van der Waals surface area contributed by atoms with Gasteiger partial charge >= 0.3 is 6.09 Å². The molecule has 2 saturated heterocycles. The first-order valence-corrected chi connectivity index (χ1v) is 20.0. The molecule has 2 saturated carbocycles. The van der Waals surface area contributed by atoms with Crippen LogP contribution in [0.3, 0.4) is 0 Å². The minimum absolute atomic E-state index is 0.160. The van der Waals surface area contributed by atoms with Gasteiger partial charge in [-0.25, -0.2) is 4.79 Å². The van der Waals surface area contributed by atoms with Crippen molar-refractivity contribution in [3.63, 3.8) is 0 Å². The number of hydrogen-bond acceptors (Lipinski definition) is 8. The maximum absolute atomic E-state index is 12.6. The van der Waals surface area contributed by atoms with Crippen LogP contribution in [-0.4, -0.2) is 94.7 Å². The summed E-state index contributed by atoms with van der Waals surface area (Å²) in [4.78, 5) is 23.7. The van der Waals surface area contributed by atoms with Gasteiger partial charge in [0.1, 0.15) is 12.4 Å². The molecule has 10 heteroatoms. The average molecular weight is 719 g/mol. The van der Waals surface area contributed by atoms with Gasteiger partial charge in [0.25, 0.3) is 0 Å². The first kappa shape index (κ1) is 34.8. The standard InChI is InChI=1S/C43H54N6O4/c1-29-40-36-22-38(35-10-6-7-11-39(35)53-28-51-2)45-46-41(36)44-37(40)18-21-49(29)33-14-12-31(13-15-33)32-16-19-47(20-17-32)34-23-43(24-34)26-48(27-43)42(50)52-25-30-8-4-3-5-9-30/h3-11,22,29,31-34H,12-21,23-28H2,1-2H3,(H,44,46)/t29-,31?,33?/m1/s1. The van der Waals surface area contributed by atoms with Gasteiger partial charge in [-0.15, -0.1) is 10.2 Å². The molecule has 0 bridgehead atoms. The van der Waals surface area contributed by atoms with Gasteiger partial charge in [-0.3, -0.25) is 4.90 Å². The summed E-state index contributed by atoms with van der Waals surface area (Å²) in [6.07, 6.45) is 11.4. The average Bonchev–Trinajstić information content (AvgIpc) is 3.55. The minimum atomic E-state index is -0.160. The highest BCUT2D eigenvalue weighted by molar-refractivity contribution is 5.86. The Labute approximate surface area is 313 Å². The van der Waals surface area contributed by atoms with Crippen LogP contribution in [0.4, 0.5) is 4.79 Å². The van der Waals surface area contributed by atoms with Crippen molar-refractivity contribution >= 4 is 17.1 Å². The Kier molecular flexibility index (Phi) is 9.63. The predicted molar refractivity (Wildman–Crippen MR) is 204 cm³/mol. The topological polar surface area (TPSA) is 96.0 Å². The first-order chi connectivity index (χ1) is 26.0. The van der Waals surface area contributed by atoms with E-state index in [9.17, 15) is 4.79 Å². The van der Waals surface area contributed by atoms with Gasteiger partial charge in [-0.2, -0.15) is 0 Å². The van der Waals surface area contributed by atoms with Gasteiger partial charge in [0.2, 0.25) is 0 Å². The molecule has 2 aromatic heterocycles. The molecule has 4 aromatic rings. The molecule has 280 valence electrons. The third kappa shape index (κ3) is 6.83. The zero-order chi connectivity index (χ0) is 35.9. The summed E-state index contributed by atoms with van der Waals surface area (Å²) >= 11 is 0. The Morgan fingerprint density at radius 2 is 1.62 bits per heavy atom. The molecule has 1 amide bonds. The molecule has 2 aliphatic carbocycles. The maximum atomic E-state index is 12.6. The van der Waals surface area contributed by atoms with E-state index in [1.807, 2.05) is 59.5 Å². The molecular formula is C43H54N6O4. The third-order valence-corrected chi connectivity index (χ3v) is 13.5. The number of carbonyl (C=O) groups excluding carboxylic acids is 1. The van der Waals surface area contributed by atoms with Gasteiger partial charge in [0, 0.05) is 73.3 Å². The molecule has 1 N–H and O–H groups in total. The van der Waals surface area contributed by atoms with E-state index in [1.54, 1.807) is 7.11 Å². The largest absolute Gasteiger partial charge is 0.467 e. The van der Waals surface area contributed by atoms with Crippen molar-refractivity contribution in [2.24, 2.45) is 17.3 Å². The predicted octanol–water partition coefficient (Wildman–Crippen LogP) is 7.60. The zero-order valence-corrected chi connectivity index (χ0v) is 31.3. The zero-order valence-electron chi connectivity index (χ0n) is 31.3. The highest BCUT2D eigenvalue weighted by atomic mass is 16.7. The van der Waals surface area contributed by atoms with Crippen molar-refractivity contribution in [2.75, 3.05) is 46.6 Å². The van der Waals surface area contributed by atoms with Crippen LogP contribution in [0, 0.1) is 17.3 Å². The van der Waals surface area contributed by atoms with E-state index < -0.39 is 0 Å². The van der Waals surface area contributed by atoms with Gasteiger partial charge in [-0.1, -0.05) is 42.5 Å². The lowest BCUT2D eigenvalue weighted by Crippen LogP contribution is -2.68. The Morgan fingerprint density at radius 1 is 0.887 bits per heavy atom. The van der Waals surface area contributed by atoms with Crippen LogP contribution in [0.25, 0.3) is 22.3 Å². The van der Waals surface area contributed by atoms with E-state index in [1.165, 1.54) is 81.1 Å². The normalized spacial score (nSPS) is 25.2. The lowest BCUT2D eigenvalue weighted by atomic mass is 9.60. The van der Waals surface area contributed by atoms with Crippen LogP contribution >= 0.6 is 0 Å². The second kappa shape index (κ2) is 14.7. The molecule has 1 spiro atoms. The Bertz CT molecular complexity index is 1890. The van der Waals surface area contributed by atoms with Crippen molar-refractivity contribution in [1.29, 1.82) is 0 Å². The summed E-state index contributed by atoms with van der Waals surface area (Å²) in [6.45, 7) is 8.25. The summed E-state index contributed by atoms with van der Waals surface area (Å²) in [5, 5.41) is 10.4. The number of fused-ring (bicyclic) bond motifs is 3. The third-order valence-electron chi connectivity index (χ3n) is 13.5. The number of para-hydroxylation sites is 1. The second-order valence-electron chi connectivity index (χ2n) is 16.6. The lowest BCUT2D eigenvalue weighted by Gasteiger charge is -2.61. The van der Waals surface area contributed by atoms with Crippen LogP contribution in [0.15, 0.2) is 60.7 Å².